The van der Waals surface area contributed by atoms with Gasteiger partial charge in [-0.2, -0.15) is 0 Å². The Morgan fingerprint density at radius 2 is 1.58 bits per heavy atom. The van der Waals surface area contributed by atoms with Crippen LogP contribution < -0.4 is 5.32 Å². The van der Waals surface area contributed by atoms with Gasteiger partial charge < -0.3 is 9.88 Å². The fraction of sp³-hybridized carbons (Fsp3) is 0.0952. The molecule has 0 atom stereocenters. The molecular weight excluding hydrogens is 296 g/mol. The third-order valence-corrected chi connectivity index (χ3v) is 4.38. The molecule has 0 spiro atoms. The molecule has 3 aromatic carbocycles. The molecule has 4 rings (SSSR count). The number of hydrogen-bond donors (Lipinski definition) is 1. The SMILES string of the molecule is CCn1c2ccccc2c2cc(C(=O)Nc3ccccc3)ccc21. The van der Waals surface area contributed by atoms with Gasteiger partial charge in [0.25, 0.3) is 5.91 Å². The van der Waals surface area contributed by atoms with E-state index in [9.17, 15) is 4.79 Å². The van der Waals surface area contributed by atoms with E-state index in [-0.39, 0.29) is 5.91 Å². The molecule has 1 heterocycles. The zero-order valence-corrected chi connectivity index (χ0v) is 13.5. The summed E-state index contributed by atoms with van der Waals surface area (Å²) in [6, 6.07) is 23.8. The number of fused-ring (bicyclic) bond motifs is 3. The third-order valence-electron chi connectivity index (χ3n) is 4.38. The summed E-state index contributed by atoms with van der Waals surface area (Å²) < 4.78 is 2.28. The molecule has 3 heteroatoms. The van der Waals surface area contributed by atoms with Crippen LogP contribution in [0.25, 0.3) is 21.8 Å². The summed E-state index contributed by atoms with van der Waals surface area (Å²) >= 11 is 0. The van der Waals surface area contributed by atoms with Gasteiger partial charge in [0.15, 0.2) is 0 Å². The number of nitrogens with zero attached hydrogens (tertiary/aromatic N) is 1. The number of rotatable bonds is 3. The topological polar surface area (TPSA) is 34.0 Å². The third kappa shape index (κ3) is 2.35. The average Bonchev–Trinajstić information content (AvgIpc) is 2.95. The molecule has 0 aliphatic carbocycles. The molecule has 0 saturated heterocycles. The lowest BCUT2D eigenvalue weighted by molar-refractivity contribution is 0.102. The number of carbonyl (C=O) groups excluding carboxylic acids is 1. The minimum Gasteiger partial charge on any atom is -0.341 e. The Morgan fingerprint density at radius 1 is 0.875 bits per heavy atom. The maximum atomic E-state index is 12.6. The van der Waals surface area contributed by atoms with Gasteiger partial charge in [-0.1, -0.05) is 36.4 Å². The number of para-hydroxylation sites is 2. The number of anilines is 1. The van der Waals surface area contributed by atoms with Gasteiger partial charge in [-0.05, 0) is 43.3 Å². The summed E-state index contributed by atoms with van der Waals surface area (Å²) in [6.45, 7) is 3.04. The van der Waals surface area contributed by atoms with Crippen LogP contribution in [0.1, 0.15) is 17.3 Å². The van der Waals surface area contributed by atoms with E-state index < -0.39 is 0 Å². The Morgan fingerprint density at radius 3 is 2.38 bits per heavy atom. The Balaban J connectivity index is 1.81. The molecule has 1 amide bonds. The molecule has 0 unspecified atom stereocenters. The second-order valence-corrected chi connectivity index (χ2v) is 5.81. The van der Waals surface area contributed by atoms with Crippen molar-refractivity contribution in [2.45, 2.75) is 13.5 Å². The van der Waals surface area contributed by atoms with E-state index >= 15 is 0 Å². The average molecular weight is 314 g/mol. The van der Waals surface area contributed by atoms with E-state index in [1.54, 1.807) is 0 Å². The molecule has 1 N–H and O–H groups in total. The van der Waals surface area contributed by atoms with E-state index in [0.29, 0.717) is 5.56 Å². The van der Waals surface area contributed by atoms with Gasteiger partial charge in [-0.25, -0.2) is 0 Å². The largest absolute Gasteiger partial charge is 0.341 e. The predicted octanol–water partition coefficient (Wildman–Crippen LogP) is 5.07. The van der Waals surface area contributed by atoms with Crippen molar-refractivity contribution in [2.75, 3.05) is 5.32 Å². The van der Waals surface area contributed by atoms with Crippen LogP contribution in [0.5, 0.6) is 0 Å². The van der Waals surface area contributed by atoms with Gasteiger partial charge in [0.1, 0.15) is 0 Å². The van der Waals surface area contributed by atoms with Gasteiger partial charge in [-0.15, -0.1) is 0 Å². The summed E-state index contributed by atoms with van der Waals surface area (Å²) in [4.78, 5) is 12.6. The highest BCUT2D eigenvalue weighted by atomic mass is 16.1. The van der Waals surface area contributed by atoms with Crippen LogP contribution in [-0.2, 0) is 6.54 Å². The highest BCUT2D eigenvalue weighted by Crippen LogP contribution is 2.29. The maximum Gasteiger partial charge on any atom is 0.255 e. The molecule has 0 radical (unpaired) electrons. The molecule has 118 valence electrons. The predicted molar refractivity (Wildman–Crippen MR) is 99.5 cm³/mol. The van der Waals surface area contributed by atoms with Crippen LogP contribution in [0, 0.1) is 0 Å². The summed E-state index contributed by atoms with van der Waals surface area (Å²) in [7, 11) is 0. The van der Waals surface area contributed by atoms with E-state index in [0.717, 1.165) is 23.1 Å². The van der Waals surface area contributed by atoms with Crippen molar-refractivity contribution < 1.29 is 4.79 Å². The number of amides is 1. The van der Waals surface area contributed by atoms with Crippen LogP contribution in [-0.4, -0.2) is 10.5 Å². The molecule has 24 heavy (non-hydrogen) atoms. The van der Waals surface area contributed by atoms with E-state index in [1.165, 1.54) is 10.9 Å². The highest BCUT2D eigenvalue weighted by Gasteiger charge is 2.12. The quantitative estimate of drug-likeness (QED) is 0.563. The standard InChI is InChI=1S/C21H18N2O/c1-2-23-19-11-7-6-10-17(19)18-14-15(12-13-20(18)23)21(24)22-16-8-4-3-5-9-16/h3-14H,2H2,1H3,(H,22,24). The Labute approximate surface area is 140 Å². The number of benzene rings is 3. The van der Waals surface area contributed by atoms with Crippen molar-refractivity contribution in [3.8, 4) is 0 Å². The Kier molecular flexibility index (Phi) is 3.54. The lowest BCUT2D eigenvalue weighted by Crippen LogP contribution is -2.11. The monoisotopic (exact) mass is 314 g/mol. The molecule has 4 aromatic rings. The molecule has 0 fully saturated rings. The first kappa shape index (κ1) is 14.5. The van der Waals surface area contributed by atoms with Gasteiger partial charge in [0.05, 0.1) is 0 Å². The normalized spacial score (nSPS) is 11.0. The second kappa shape index (κ2) is 5.85. The lowest BCUT2D eigenvalue weighted by atomic mass is 10.1. The van der Waals surface area contributed by atoms with E-state index in [4.69, 9.17) is 0 Å². The summed E-state index contributed by atoms with van der Waals surface area (Å²) in [5.74, 6) is -0.0866. The highest BCUT2D eigenvalue weighted by molar-refractivity contribution is 6.12. The fourth-order valence-corrected chi connectivity index (χ4v) is 3.26. The van der Waals surface area contributed by atoms with Crippen molar-refractivity contribution >= 4 is 33.4 Å². The van der Waals surface area contributed by atoms with Crippen molar-refractivity contribution in [3.05, 3.63) is 78.4 Å². The number of carbonyl (C=O) groups is 1. The lowest BCUT2D eigenvalue weighted by Gasteiger charge is -2.06. The number of aryl methyl sites for hydroxylation is 1. The van der Waals surface area contributed by atoms with Crippen LogP contribution in [0.15, 0.2) is 72.8 Å². The van der Waals surface area contributed by atoms with Crippen LogP contribution in [0.4, 0.5) is 5.69 Å². The van der Waals surface area contributed by atoms with Gasteiger partial charge in [0.2, 0.25) is 0 Å². The maximum absolute atomic E-state index is 12.6. The van der Waals surface area contributed by atoms with Crippen LogP contribution in [0.3, 0.4) is 0 Å². The van der Waals surface area contributed by atoms with Gasteiger partial charge in [-0.3, -0.25) is 4.79 Å². The summed E-state index contributed by atoms with van der Waals surface area (Å²) in [5.41, 5.74) is 3.84. The number of nitrogens with one attached hydrogen (secondary N) is 1. The number of hydrogen-bond acceptors (Lipinski definition) is 1. The molecule has 0 bridgehead atoms. The zero-order valence-electron chi connectivity index (χ0n) is 13.5. The Hall–Kier alpha value is -3.07. The minimum absolute atomic E-state index is 0.0866. The van der Waals surface area contributed by atoms with E-state index in [2.05, 4.69) is 35.0 Å². The van der Waals surface area contributed by atoms with E-state index in [1.807, 2.05) is 54.6 Å². The Bertz CT molecular complexity index is 1030. The first-order valence-corrected chi connectivity index (χ1v) is 8.15. The molecule has 0 saturated carbocycles. The van der Waals surface area contributed by atoms with Gasteiger partial charge in [0, 0.05) is 39.6 Å². The fourth-order valence-electron chi connectivity index (χ4n) is 3.26. The summed E-state index contributed by atoms with van der Waals surface area (Å²) in [6.07, 6.45) is 0. The van der Waals surface area contributed by atoms with Crippen molar-refractivity contribution in [2.24, 2.45) is 0 Å². The molecule has 3 nitrogen and oxygen atoms in total. The van der Waals surface area contributed by atoms with Gasteiger partial charge >= 0.3 is 0 Å². The van der Waals surface area contributed by atoms with Crippen molar-refractivity contribution in [1.29, 1.82) is 0 Å². The molecule has 0 aliphatic heterocycles. The first-order valence-electron chi connectivity index (χ1n) is 8.15. The first-order chi connectivity index (χ1) is 11.8. The molecule has 0 aliphatic rings. The summed E-state index contributed by atoms with van der Waals surface area (Å²) in [5, 5.41) is 5.25. The molecule has 1 aromatic heterocycles. The molecular formula is C21H18N2O. The zero-order chi connectivity index (χ0) is 16.5. The second-order valence-electron chi connectivity index (χ2n) is 5.81. The van der Waals surface area contributed by atoms with Crippen LogP contribution in [0.2, 0.25) is 0 Å². The van der Waals surface area contributed by atoms with Crippen LogP contribution >= 0.6 is 0 Å². The van der Waals surface area contributed by atoms with Crippen molar-refractivity contribution in [3.63, 3.8) is 0 Å². The minimum atomic E-state index is -0.0866. The van der Waals surface area contributed by atoms with Crippen molar-refractivity contribution in [1.82, 2.24) is 4.57 Å². The smallest absolute Gasteiger partial charge is 0.255 e. The number of aromatic nitrogens is 1.